The van der Waals surface area contributed by atoms with Crippen LogP contribution >= 0.6 is 0 Å². The number of nitrogens with zero attached hydrogens (tertiary/aromatic N) is 2. The fourth-order valence-corrected chi connectivity index (χ4v) is 3.94. The fraction of sp³-hybridized carbons (Fsp3) is 0.381. The molecule has 2 aliphatic rings. The SMILES string of the molecule is CC(c1ccccc1)N1CCC(N2Cc3ccccc3OC2=O)CC1. The Morgan fingerprint density at radius 1 is 1.00 bits per heavy atom. The smallest absolute Gasteiger partial charge is 0.410 e. The number of fused-ring (bicyclic) bond motifs is 1. The number of likely N-dealkylation sites (tertiary alicyclic amines) is 1. The van der Waals surface area contributed by atoms with Gasteiger partial charge in [0.25, 0.3) is 0 Å². The van der Waals surface area contributed by atoms with Crippen molar-refractivity contribution in [2.75, 3.05) is 13.1 Å². The van der Waals surface area contributed by atoms with E-state index >= 15 is 0 Å². The van der Waals surface area contributed by atoms with E-state index in [1.807, 2.05) is 29.2 Å². The third kappa shape index (κ3) is 3.27. The summed E-state index contributed by atoms with van der Waals surface area (Å²) in [6, 6.07) is 19.1. The molecule has 0 aliphatic carbocycles. The lowest BCUT2D eigenvalue weighted by Gasteiger charge is -2.41. The van der Waals surface area contributed by atoms with Gasteiger partial charge in [-0.2, -0.15) is 0 Å². The lowest BCUT2D eigenvalue weighted by molar-refractivity contribution is 0.0713. The van der Waals surface area contributed by atoms with Gasteiger partial charge in [-0.1, -0.05) is 48.5 Å². The van der Waals surface area contributed by atoms with Crippen LogP contribution in [0.2, 0.25) is 0 Å². The maximum absolute atomic E-state index is 12.4. The average Bonchev–Trinajstić information content (AvgIpc) is 2.68. The molecule has 1 fully saturated rings. The minimum absolute atomic E-state index is 0.201. The van der Waals surface area contributed by atoms with Gasteiger partial charge in [-0.05, 0) is 31.4 Å². The van der Waals surface area contributed by atoms with E-state index in [4.69, 9.17) is 4.74 Å². The van der Waals surface area contributed by atoms with Gasteiger partial charge in [-0.3, -0.25) is 4.90 Å². The van der Waals surface area contributed by atoms with Gasteiger partial charge in [0.1, 0.15) is 5.75 Å². The molecule has 0 aromatic heterocycles. The zero-order valence-electron chi connectivity index (χ0n) is 14.6. The molecule has 0 saturated carbocycles. The first-order valence-corrected chi connectivity index (χ1v) is 9.08. The summed E-state index contributed by atoms with van der Waals surface area (Å²) in [5.74, 6) is 0.707. The summed E-state index contributed by atoms with van der Waals surface area (Å²) in [5.41, 5.74) is 2.45. The van der Waals surface area contributed by atoms with Crippen molar-refractivity contribution in [1.29, 1.82) is 0 Å². The molecule has 2 heterocycles. The average molecular weight is 336 g/mol. The Hall–Kier alpha value is -2.33. The molecule has 1 atom stereocenters. The van der Waals surface area contributed by atoms with Crippen LogP contribution in [0.25, 0.3) is 0 Å². The first kappa shape index (κ1) is 16.2. The Kier molecular flexibility index (Phi) is 4.45. The second-order valence-corrected chi connectivity index (χ2v) is 6.96. The van der Waals surface area contributed by atoms with Gasteiger partial charge in [0.15, 0.2) is 0 Å². The number of carbonyl (C=O) groups excluding carboxylic acids is 1. The van der Waals surface area contributed by atoms with Crippen LogP contribution < -0.4 is 4.74 Å². The molecule has 130 valence electrons. The zero-order chi connectivity index (χ0) is 17.2. The minimum Gasteiger partial charge on any atom is -0.410 e. The normalized spacial score (nSPS) is 20.0. The molecule has 1 unspecified atom stereocenters. The number of piperidine rings is 1. The predicted octanol–water partition coefficient (Wildman–Crippen LogP) is 4.23. The Bertz CT molecular complexity index is 739. The summed E-state index contributed by atoms with van der Waals surface area (Å²) in [5, 5.41) is 0. The summed E-state index contributed by atoms with van der Waals surface area (Å²) in [6.45, 7) is 4.94. The first-order chi connectivity index (χ1) is 12.2. The fourth-order valence-electron chi connectivity index (χ4n) is 3.94. The number of hydrogen-bond acceptors (Lipinski definition) is 3. The molecule has 4 heteroatoms. The van der Waals surface area contributed by atoms with Gasteiger partial charge >= 0.3 is 6.09 Å². The van der Waals surface area contributed by atoms with Crippen molar-refractivity contribution in [2.24, 2.45) is 0 Å². The van der Waals surface area contributed by atoms with Crippen LogP contribution in [0.15, 0.2) is 54.6 Å². The van der Waals surface area contributed by atoms with E-state index in [1.54, 1.807) is 0 Å². The highest BCUT2D eigenvalue weighted by Crippen LogP contribution is 2.31. The third-order valence-corrected chi connectivity index (χ3v) is 5.51. The van der Waals surface area contributed by atoms with E-state index in [9.17, 15) is 4.79 Å². The number of carbonyl (C=O) groups is 1. The van der Waals surface area contributed by atoms with E-state index in [1.165, 1.54) is 5.56 Å². The molecular formula is C21H24N2O2. The monoisotopic (exact) mass is 336 g/mol. The van der Waals surface area contributed by atoms with Gasteiger partial charge in [0.05, 0.1) is 6.54 Å². The molecule has 4 rings (SSSR count). The Morgan fingerprint density at radius 2 is 1.68 bits per heavy atom. The highest BCUT2D eigenvalue weighted by Gasteiger charge is 2.33. The summed E-state index contributed by atoms with van der Waals surface area (Å²) in [7, 11) is 0. The minimum atomic E-state index is -0.201. The van der Waals surface area contributed by atoms with Gasteiger partial charge in [0.2, 0.25) is 0 Å². The van der Waals surface area contributed by atoms with Crippen molar-refractivity contribution in [3.05, 3.63) is 65.7 Å². The highest BCUT2D eigenvalue weighted by atomic mass is 16.6. The van der Waals surface area contributed by atoms with E-state index in [2.05, 4.69) is 42.2 Å². The second-order valence-electron chi connectivity index (χ2n) is 6.96. The molecule has 2 aromatic rings. The van der Waals surface area contributed by atoms with Crippen molar-refractivity contribution < 1.29 is 9.53 Å². The number of para-hydroxylation sites is 1. The molecular weight excluding hydrogens is 312 g/mol. The highest BCUT2D eigenvalue weighted by molar-refractivity contribution is 5.73. The van der Waals surface area contributed by atoms with E-state index in [0.717, 1.165) is 31.5 Å². The maximum Gasteiger partial charge on any atom is 0.415 e. The molecule has 0 radical (unpaired) electrons. The van der Waals surface area contributed by atoms with Crippen molar-refractivity contribution in [1.82, 2.24) is 9.80 Å². The molecule has 2 aromatic carbocycles. The first-order valence-electron chi connectivity index (χ1n) is 9.08. The number of rotatable bonds is 3. The van der Waals surface area contributed by atoms with Crippen molar-refractivity contribution in [3.8, 4) is 5.75 Å². The van der Waals surface area contributed by atoms with Crippen LogP contribution in [0.1, 0.15) is 36.9 Å². The van der Waals surface area contributed by atoms with Crippen LogP contribution in [0.5, 0.6) is 5.75 Å². The lowest BCUT2D eigenvalue weighted by atomic mass is 9.98. The molecule has 0 N–H and O–H groups in total. The summed E-state index contributed by atoms with van der Waals surface area (Å²) in [4.78, 5) is 16.8. The van der Waals surface area contributed by atoms with Crippen molar-refractivity contribution >= 4 is 6.09 Å². The molecule has 0 bridgehead atoms. The van der Waals surface area contributed by atoms with Gasteiger partial charge in [0, 0.05) is 30.7 Å². The second kappa shape index (κ2) is 6.89. The maximum atomic E-state index is 12.4. The number of amides is 1. The van der Waals surface area contributed by atoms with Crippen LogP contribution in [0.4, 0.5) is 4.79 Å². The standard InChI is InChI=1S/C21H24N2O2/c1-16(17-7-3-2-4-8-17)22-13-11-19(12-14-22)23-15-18-9-5-6-10-20(18)25-21(23)24/h2-10,16,19H,11-15H2,1H3. The molecule has 1 amide bonds. The van der Waals surface area contributed by atoms with E-state index in [0.29, 0.717) is 18.3 Å². The van der Waals surface area contributed by atoms with Crippen LogP contribution in [0.3, 0.4) is 0 Å². The number of ether oxygens (including phenoxy) is 1. The van der Waals surface area contributed by atoms with Crippen LogP contribution in [-0.4, -0.2) is 35.0 Å². The largest absolute Gasteiger partial charge is 0.415 e. The molecule has 1 saturated heterocycles. The summed E-state index contributed by atoms with van der Waals surface area (Å²) in [6.07, 6.45) is 1.79. The van der Waals surface area contributed by atoms with Crippen LogP contribution in [0, 0.1) is 0 Å². The predicted molar refractivity (Wildman–Crippen MR) is 97.5 cm³/mol. The zero-order valence-corrected chi connectivity index (χ0v) is 14.6. The lowest BCUT2D eigenvalue weighted by Crippen LogP contribution is -2.49. The molecule has 25 heavy (non-hydrogen) atoms. The third-order valence-electron chi connectivity index (χ3n) is 5.51. The number of hydrogen-bond donors (Lipinski definition) is 0. The van der Waals surface area contributed by atoms with Crippen LogP contribution in [-0.2, 0) is 6.54 Å². The molecule has 4 nitrogen and oxygen atoms in total. The Balaban J connectivity index is 1.40. The van der Waals surface area contributed by atoms with E-state index in [-0.39, 0.29) is 12.1 Å². The van der Waals surface area contributed by atoms with Gasteiger partial charge in [-0.25, -0.2) is 4.79 Å². The van der Waals surface area contributed by atoms with Crippen molar-refractivity contribution in [2.45, 2.75) is 38.4 Å². The van der Waals surface area contributed by atoms with Crippen molar-refractivity contribution in [3.63, 3.8) is 0 Å². The number of benzene rings is 2. The quantitative estimate of drug-likeness (QED) is 0.841. The topological polar surface area (TPSA) is 32.8 Å². The Morgan fingerprint density at radius 3 is 2.44 bits per heavy atom. The van der Waals surface area contributed by atoms with Gasteiger partial charge < -0.3 is 9.64 Å². The van der Waals surface area contributed by atoms with Gasteiger partial charge in [-0.15, -0.1) is 0 Å². The Labute approximate surface area is 149 Å². The summed E-state index contributed by atoms with van der Waals surface area (Å²) < 4.78 is 5.51. The molecule has 0 spiro atoms. The van der Waals surface area contributed by atoms with E-state index < -0.39 is 0 Å². The summed E-state index contributed by atoms with van der Waals surface area (Å²) >= 11 is 0. The molecule has 2 aliphatic heterocycles.